The van der Waals surface area contributed by atoms with Crippen LogP contribution in [0.1, 0.15) is 47.8 Å². The van der Waals surface area contributed by atoms with Gasteiger partial charge in [-0.1, -0.05) is 25.0 Å². The van der Waals surface area contributed by atoms with E-state index in [-0.39, 0.29) is 17.7 Å². The molecule has 2 amide bonds. The van der Waals surface area contributed by atoms with Gasteiger partial charge in [-0.2, -0.15) is 0 Å². The average Bonchev–Trinajstić information content (AvgIpc) is 3.71. The number of benzene rings is 2. The zero-order valence-corrected chi connectivity index (χ0v) is 22.4. The molecule has 1 N–H and O–H groups in total. The molecule has 2 aromatic carbocycles. The Morgan fingerprint density at radius 2 is 1.74 bits per heavy atom. The number of carbonyl (C=O) groups is 2. The maximum Gasteiger partial charge on any atom is 0.295 e. The summed E-state index contributed by atoms with van der Waals surface area (Å²) in [6.45, 7) is 2.95. The van der Waals surface area contributed by atoms with Gasteiger partial charge in [0, 0.05) is 30.9 Å². The van der Waals surface area contributed by atoms with Crippen LogP contribution >= 0.6 is 0 Å². The first-order valence-corrected chi connectivity index (χ1v) is 13.4. The second-order valence-electron chi connectivity index (χ2n) is 9.77. The van der Waals surface area contributed by atoms with Gasteiger partial charge in [0.2, 0.25) is 5.91 Å². The maximum absolute atomic E-state index is 14.1. The predicted octanol–water partition coefficient (Wildman–Crippen LogP) is 4.58. The molecule has 2 aliphatic rings. The summed E-state index contributed by atoms with van der Waals surface area (Å²) in [6, 6.07) is 15.3. The lowest BCUT2D eigenvalue weighted by Crippen LogP contribution is -2.46. The number of carbonyl (C=O) groups excluding carboxylic acids is 2. The Kier molecular flexibility index (Phi) is 8.36. The largest absolute Gasteiger partial charge is 0.497 e. The van der Waals surface area contributed by atoms with E-state index < -0.39 is 11.9 Å². The molecule has 1 saturated carbocycles. The molecule has 3 aromatic rings. The molecule has 1 atom stereocenters. The van der Waals surface area contributed by atoms with Crippen LogP contribution < -0.4 is 24.6 Å². The van der Waals surface area contributed by atoms with Crippen molar-refractivity contribution in [3.05, 3.63) is 72.2 Å². The summed E-state index contributed by atoms with van der Waals surface area (Å²) >= 11 is 0. The van der Waals surface area contributed by atoms with E-state index in [0.717, 1.165) is 44.5 Å². The summed E-state index contributed by atoms with van der Waals surface area (Å²) in [5.74, 6) is 0.352. The lowest BCUT2D eigenvalue weighted by Gasteiger charge is -2.33. The van der Waals surface area contributed by atoms with E-state index in [4.69, 9.17) is 18.6 Å². The molecule has 1 saturated heterocycles. The maximum atomic E-state index is 14.1. The summed E-state index contributed by atoms with van der Waals surface area (Å²) in [5, 5.41) is 3.21. The van der Waals surface area contributed by atoms with Crippen LogP contribution in [0.2, 0.25) is 0 Å². The molecule has 9 nitrogen and oxygen atoms in total. The fourth-order valence-electron chi connectivity index (χ4n) is 5.33. The highest BCUT2D eigenvalue weighted by Crippen LogP contribution is 2.39. The van der Waals surface area contributed by atoms with E-state index in [2.05, 4.69) is 10.2 Å². The zero-order chi connectivity index (χ0) is 27.2. The highest BCUT2D eigenvalue weighted by atomic mass is 16.5. The van der Waals surface area contributed by atoms with Crippen molar-refractivity contribution in [1.82, 2.24) is 5.32 Å². The Balaban J connectivity index is 1.61. The first kappa shape index (κ1) is 26.6. The molecular formula is C30H35N3O6. The number of furan rings is 1. The summed E-state index contributed by atoms with van der Waals surface area (Å²) in [7, 11) is 3.09. The second kappa shape index (κ2) is 12.3. The normalized spacial score (nSPS) is 16.5. The molecule has 1 aliphatic carbocycles. The monoisotopic (exact) mass is 533 g/mol. The van der Waals surface area contributed by atoms with Crippen LogP contribution in [0.25, 0.3) is 0 Å². The number of rotatable bonds is 9. The topological polar surface area (TPSA) is 93.5 Å². The molecule has 1 aliphatic heterocycles. The Morgan fingerprint density at radius 3 is 2.38 bits per heavy atom. The van der Waals surface area contributed by atoms with Crippen molar-refractivity contribution in [3.8, 4) is 11.5 Å². The highest BCUT2D eigenvalue weighted by molar-refractivity contribution is 6.09. The zero-order valence-electron chi connectivity index (χ0n) is 22.4. The van der Waals surface area contributed by atoms with E-state index in [1.165, 1.54) is 18.3 Å². The third kappa shape index (κ3) is 5.88. The van der Waals surface area contributed by atoms with Gasteiger partial charge in [0.15, 0.2) is 5.76 Å². The Hall–Kier alpha value is -3.98. The van der Waals surface area contributed by atoms with Crippen LogP contribution in [-0.2, 0) is 9.53 Å². The van der Waals surface area contributed by atoms with Gasteiger partial charge in [-0.3, -0.25) is 14.5 Å². The molecule has 5 rings (SSSR count). The third-order valence-electron chi connectivity index (χ3n) is 7.39. The van der Waals surface area contributed by atoms with Crippen molar-refractivity contribution in [3.63, 3.8) is 0 Å². The molecule has 0 bridgehead atoms. The number of ether oxygens (including phenoxy) is 3. The summed E-state index contributed by atoms with van der Waals surface area (Å²) < 4.78 is 22.1. The van der Waals surface area contributed by atoms with Crippen molar-refractivity contribution in [2.75, 3.05) is 50.3 Å². The smallest absolute Gasteiger partial charge is 0.295 e. The van der Waals surface area contributed by atoms with Crippen molar-refractivity contribution in [2.45, 2.75) is 37.8 Å². The molecule has 206 valence electrons. The van der Waals surface area contributed by atoms with Crippen LogP contribution in [0.3, 0.4) is 0 Å². The summed E-state index contributed by atoms with van der Waals surface area (Å²) in [4.78, 5) is 31.9. The van der Waals surface area contributed by atoms with Gasteiger partial charge in [0.05, 0.1) is 39.4 Å². The van der Waals surface area contributed by atoms with Gasteiger partial charge < -0.3 is 28.8 Å². The number of anilines is 2. The minimum Gasteiger partial charge on any atom is -0.497 e. The minimum absolute atomic E-state index is 0.0698. The second-order valence-corrected chi connectivity index (χ2v) is 9.77. The number of morpholine rings is 1. The van der Waals surface area contributed by atoms with Gasteiger partial charge in [0.25, 0.3) is 5.91 Å². The van der Waals surface area contributed by atoms with Gasteiger partial charge >= 0.3 is 0 Å². The van der Waals surface area contributed by atoms with Crippen molar-refractivity contribution < 1.29 is 28.2 Å². The molecule has 9 heteroatoms. The third-order valence-corrected chi connectivity index (χ3v) is 7.39. The van der Waals surface area contributed by atoms with E-state index in [1.807, 2.05) is 24.3 Å². The number of methoxy groups -OCH3 is 2. The number of amides is 2. The van der Waals surface area contributed by atoms with Gasteiger partial charge in [-0.25, -0.2) is 0 Å². The van der Waals surface area contributed by atoms with Crippen molar-refractivity contribution in [2.24, 2.45) is 0 Å². The van der Waals surface area contributed by atoms with E-state index in [0.29, 0.717) is 36.0 Å². The lowest BCUT2D eigenvalue weighted by molar-refractivity contribution is -0.123. The Morgan fingerprint density at radius 1 is 1.00 bits per heavy atom. The van der Waals surface area contributed by atoms with Gasteiger partial charge in [0.1, 0.15) is 17.5 Å². The van der Waals surface area contributed by atoms with Crippen LogP contribution in [0.4, 0.5) is 11.4 Å². The Bertz CT molecular complexity index is 1250. The molecular weight excluding hydrogens is 498 g/mol. The Labute approximate surface area is 228 Å². The van der Waals surface area contributed by atoms with Crippen molar-refractivity contribution >= 4 is 23.2 Å². The van der Waals surface area contributed by atoms with Crippen molar-refractivity contribution in [1.29, 1.82) is 0 Å². The molecule has 39 heavy (non-hydrogen) atoms. The van der Waals surface area contributed by atoms with E-state index >= 15 is 0 Å². The summed E-state index contributed by atoms with van der Waals surface area (Å²) in [5.41, 5.74) is 2.12. The van der Waals surface area contributed by atoms with Gasteiger partial charge in [-0.15, -0.1) is 0 Å². The summed E-state index contributed by atoms with van der Waals surface area (Å²) in [6.07, 6.45) is 5.43. The van der Waals surface area contributed by atoms with E-state index in [9.17, 15) is 9.59 Å². The SMILES string of the molecule is COc1ccc(OC)c(N(C(=O)c2ccco2)[C@H](C(=O)NC2CCCC2)c2ccc(N3CCOCC3)cc2)c1. The quantitative estimate of drug-likeness (QED) is 0.430. The lowest BCUT2D eigenvalue weighted by atomic mass is 10.0. The first-order valence-electron chi connectivity index (χ1n) is 13.4. The fourth-order valence-corrected chi connectivity index (χ4v) is 5.33. The molecule has 2 fully saturated rings. The van der Waals surface area contributed by atoms with Crippen LogP contribution in [0.5, 0.6) is 11.5 Å². The highest BCUT2D eigenvalue weighted by Gasteiger charge is 2.37. The molecule has 0 unspecified atom stereocenters. The fraction of sp³-hybridized carbons (Fsp3) is 0.400. The number of nitrogens with one attached hydrogen (secondary N) is 1. The predicted molar refractivity (Wildman–Crippen MR) is 148 cm³/mol. The van der Waals surface area contributed by atoms with Crippen LogP contribution in [0.15, 0.2) is 65.3 Å². The van der Waals surface area contributed by atoms with Crippen LogP contribution in [0, 0.1) is 0 Å². The van der Waals surface area contributed by atoms with Crippen LogP contribution in [-0.4, -0.2) is 58.4 Å². The van der Waals surface area contributed by atoms with E-state index in [1.54, 1.807) is 37.4 Å². The standard InChI is InChI=1S/C30H35N3O6/c1-36-24-13-14-26(37-2)25(20-24)33(30(35)27-8-5-17-39-27)28(29(34)31-22-6-3-4-7-22)21-9-11-23(12-10-21)32-15-18-38-19-16-32/h5,8-14,17,20,22,28H,3-4,6-7,15-16,18-19H2,1-2H3,(H,31,34)/t28-/m0/s1. The number of hydrogen-bond acceptors (Lipinski definition) is 7. The average molecular weight is 534 g/mol. The molecule has 0 radical (unpaired) electrons. The number of nitrogens with zero attached hydrogens (tertiary/aromatic N) is 2. The minimum atomic E-state index is -0.983. The molecule has 2 heterocycles. The molecule has 1 aromatic heterocycles. The van der Waals surface area contributed by atoms with Gasteiger partial charge in [-0.05, 0) is 54.8 Å². The first-order chi connectivity index (χ1) is 19.1. The molecule has 0 spiro atoms. The number of hydrogen-bond donors (Lipinski definition) is 1.